The first-order chi connectivity index (χ1) is 10.7. The lowest BCUT2D eigenvalue weighted by Crippen LogP contribution is -2.36. The smallest absolute Gasteiger partial charge is 0.344 e. The number of nitrogens with zero attached hydrogens (tertiary/aromatic N) is 3. The van der Waals surface area contributed by atoms with Crippen LogP contribution in [0.2, 0.25) is 0 Å². The summed E-state index contributed by atoms with van der Waals surface area (Å²) in [6, 6.07) is 0. The number of rotatable bonds is 5. The molecule has 2 fully saturated rings. The Morgan fingerprint density at radius 3 is 2.86 bits per heavy atom. The maximum absolute atomic E-state index is 12.2. The van der Waals surface area contributed by atoms with Gasteiger partial charge in [-0.15, -0.1) is 5.10 Å². The van der Waals surface area contributed by atoms with Crippen molar-refractivity contribution in [3.8, 4) is 0 Å². The van der Waals surface area contributed by atoms with Crippen molar-refractivity contribution >= 4 is 17.7 Å². The van der Waals surface area contributed by atoms with E-state index in [9.17, 15) is 9.59 Å². The fourth-order valence-electron chi connectivity index (χ4n) is 2.93. The van der Waals surface area contributed by atoms with E-state index >= 15 is 0 Å². The standard InChI is InChI=1S/C14H22N4O3S/c19-12(17-6-2-1-3-7-17)10-22-14-16-15-13(20)18(14)9-11-5-4-8-21-11/h11H,1-10H2,(H,15,20). The molecule has 1 N–H and O–H groups in total. The molecule has 0 radical (unpaired) electrons. The molecule has 8 heteroatoms. The number of piperidine rings is 1. The van der Waals surface area contributed by atoms with Crippen LogP contribution in [0.3, 0.4) is 0 Å². The van der Waals surface area contributed by atoms with E-state index < -0.39 is 0 Å². The molecule has 1 atom stereocenters. The Morgan fingerprint density at radius 2 is 2.14 bits per heavy atom. The quantitative estimate of drug-likeness (QED) is 0.812. The van der Waals surface area contributed by atoms with Gasteiger partial charge in [-0.05, 0) is 32.1 Å². The van der Waals surface area contributed by atoms with Gasteiger partial charge in [0.2, 0.25) is 5.91 Å². The Labute approximate surface area is 133 Å². The van der Waals surface area contributed by atoms with E-state index in [1.807, 2.05) is 4.90 Å². The largest absolute Gasteiger partial charge is 0.376 e. The first-order valence-corrected chi connectivity index (χ1v) is 8.90. The maximum Gasteiger partial charge on any atom is 0.344 e. The van der Waals surface area contributed by atoms with Crippen molar-refractivity contribution in [3.63, 3.8) is 0 Å². The summed E-state index contributed by atoms with van der Waals surface area (Å²) >= 11 is 1.33. The summed E-state index contributed by atoms with van der Waals surface area (Å²) in [7, 11) is 0. The van der Waals surface area contributed by atoms with Crippen LogP contribution in [-0.4, -0.2) is 57.1 Å². The van der Waals surface area contributed by atoms with Crippen LogP contribution in [0.5, 0.6) is 0 Å². The molecule has 0 aromatic carbocycles. The van der Waals surface area contributed by atoms with Crippen LogP contribution >= 0.6 is 11.8 Å². The lowest BCUT2D eigenvalue weighted by Gasteiger charge is -2.26. The van der Waals surface area contributed by atoms with Gasteiger partial charge in [0, 0.05) is 19.7 Å². The zero-order valence-electron chi connectivity index (χ0n) is 12.6. The van der Waals surface area contributed by atoms with Crippen molar-refractivity contribution in [1.29, 1.82) is 0 Å². The number of carbonyl (C=O) groups is 1. The van der Waals surface area contributed by atoms with Gasteiger partial charge in [-0.25, -0.2) is 9.89 Å². The van der Waals surface area contributed by atoms with Gasteiger partial charge in [-0.2, -0.15) is 0 Å². The molecule has 1 unspecified atom stereocenters. The van der Waals surface area contributed by atoms with Gasteiger partial charge in [0.1, 0.15) is 0 Å². The molecule has 1 aromatic heterocycles. The highest BCUT2D eigenvalue weighted by atomic mass is 32.2. The minimum Gasteiger partial charge on any atom is -0.376 e. The van der Waals surface area contributed by atoms with E-state index in [1.54, 1.807) is 4.57 Å². The molecule has 1 aromatic rings. The van der Waals surface area contributed by atoms with Crippen LogP contribution in [0.1, 0.15) is 32.1 Å². The first kappa shape index (κ1) is 15.6. The molecular formula is C14H22N4O3S. The third-order valence-electron chi connectivity index (χ3n) is 4.17. The zero-order valence-corrected chi connectivity index (χ0v) is 13.4. The highest BCUT2D eigenvalue weighted by Gasteiger charge is 2.21. The summed E-state index contributed by atoms with van der Waals surface area (Å²) in [4.78, 5) is 26.0. The van der Waals surface area contributed by atoms with E-state index in [0.29, 0.717) is 17.5 Å². The molecule has 2 saturated heterocycles. The van der Waals surface area contributed by atoms with Crippen LogP contribution in [0.4, 0.5) is 0 Å². The third-order valence-corrected chi connectivity index (χ3v) is 5.13. The fraction of sp³-hybridized carbons (Fsp3) is 0.786. The van der Waals surface area contributed by atoms with Crippen LogP contribution in [0.15, 0.2) is 9.95 Å². The van der Waals surface area contributed by atoms with Gasteiger partial charge in [0.15, 0.2) is 5.16 Å². The number of thioether (sulfide) groups is 1. The van der Waals surface area contributed by atoms with E-state index in [1.165, 1.54) is 18.2 Å². The molecule has 3 heterocycles. The Hall–Kier alpha value is -1.28. The summed E-state index contributed by atoms with van der Waals surface area (Å²) < 4.78 is 7.16. The third kappa shape index (κ3) is 3.73. The van der Waals surface area contributed by atoms with Crippen molar-refractivity contribution in [3.05, 3.63) is 10.5 Å². The number of carbonyl (C=O) groups excluding carboxylic acids is 1. The van der Waals surface area contributed by atoms with Crippen molar-refractivity contribution in [2.75, 3.05) is 25.4 Å². The number of hydrogen-bond acceptors (Lipinski definition) is 5. The lowest BCUT2D eigenvalue weighted by molar-refractivity contribution is -0.129. The average Bonchev–Trinajstić information content (AvgIpc) is 3.18. The molecule has 0 aliphatic carbocycles. The van der Waals surface area contributed by atoms with Gasteiger partial charge in [0.25, 0.3) is 0 Å². The van der Waals surface area contributed by atoms with E-state index in [0.717, 1.165) is 45.4 Å². The van der Waals surface area contributed by atoms with Crippen LogP contribution in [-0.2, 0) is 16.1 Å². The van der Waals surface area contributed by atoms with Crippen molar-refractivity contribution in [2.24, 2.45) is 0 Å². The maximum atomic E-state index is 12.2. The summed E-state index contributed by atoms with van der Waals surface area (Å²) in [5.74, 6) is 0.458. The second kappa shape index (κ2) is 7.32. The molecule has 0 spiro atoms. The lowest BCUT2D eigenvalue weighted by atomic mass is 10.1. The number of amides is 1. The zero-order chi connectivity index (χ0) is 15.4. The van der Waals surface area contributed by atoms with Gasteiger partial charge in [-0.3, -0.25) is 9.36 Å². The summed E-state index contributed by atoms with van der Waals surface area (Å²) in [5.41, 5.74) is -0.233. The van der Waals surface area contributed by atoms with Gasteiger partial charge in [0.05, 0.1) is 18.4 Å². The Morgan fingerprint density at radius 1 is 1.32 bits per heavy atom. The predicted octanol–water partition coefficient (Wildman–Crippen LogP) is 0.855. The molecule has 7 nitrogen and oxygen atoms in total. The molecule has 0 saturated carbocycles. The number of aromatic amines is 1. The number of H-pyrrole nitrogens is 1. The Bertz CT molecular complexity index is 559. The summed E-state index contributed by atoms with van der Waals surface area (Å²) in [5, 5.41) is 7.08. The average molecular weight is 326 g/mol. The minimum atomic E-state index is -0.233. The number of ether oxygens (including phenoxy) is 1. The highest BCUT2D eigenvalue weighted by Crippen LogP contribution is 2.19. The summed E-state index contributed by atoms with van der Waals surface area (Å²) in [6.07, 6.45) is 5.46. The van der Waals surface area contributed by atoms with Crippen LogP contribution in [0.25, 0.3) is 0 Å². The fourth-order valence-corrected chi connectivity index (χ4v) is 3.79. The molecule has 22 heavy (non-hydrogen) atoms. The highest BCUT2D eigenvalue weighted by molar-refractivity contribution is 7.99. The Balaban J connectivity index is 1.57. The Kier molecular flexibility index (Phi) is 5.20. The van der Waals surface area contributed by atoms with E-state index in [-0.39, 0.29) is 17.7 Å². The summed E-state index contributed by atoms with van der Waals surface area (Å²) in [6.45, 7) is 2.97. The molecule has 122 valence electrons. The van der Waals surface area contributed by atoms with Crippen LogP contribution in [0, 0.1) is 0 Å². The van der Waals surface area contributed by atoms with Crippen molar-refractivity contribution in [1.82, 2.24) is 19.7 Å². The van der Waals surface area contributed by atoms with E-state index in [2.05, 4.69) is 10.2 Å². The second-order valence-corrected chi connectivity index (χ2v) is 6.73. The molecule has 1 amide bonds. The molecular weight excluding hydrogens is 304 g/mol. The van der Waals surface area contributed by atoms with Gasteiger partial charge >= 0.3 is 5.69 Å². The van der Waals surface area contributed by atoms with E-state index in [4.69, 9.17) is 4.74 Å². The van der Waals surface area contributed by atoms with Crippen molar-refractivity contribution in [2.45, 2.75) is 49.9 Å². The van der Waals surface area contributed by atoms with Crippen LogP contribution < -0.4 is 5.69 Å². The van der Waals surface area contributed by atoms with Gasteiger partial charge < -0.3 is 9.64 Å². The molecule has 2 aliphatic rings. The normalized spacial score (nSPS) is 22.2. The number of hydrogen-bond donors (Lipinski definition) is 1. The van der Waals surface area contributed by atoms with Gasteiger partial charge in [-0.1, -0.05) is 11.8 Å². The molecule has 2 aliphatic heterocycles. The van der Waals surface area contributed by atoms with Crippen molar-refractivity contribution < 1.29 is 9.53 Å². The molecule has 0 bridgehead atoms. The first-order valence-electron chi connectivity index (χ1n) is 7.91. The second-order valence-electron chi connectivity index (χ2n) is 5.79. The monoisotopic (exact) mass is 326 g/mol. The SMILES string of the molecule is O=C(CSc1n[nH]c(=O)n1CC1CCCO1)N1CCCCC1. The number of nitrogens with one attached hydrogen (secondary N) is 1. The number of aromatic nitrogens is 3. The topological polar surface area (TPSA) is 80.2 Å². The number of likely N-dealkylation sites (tertiary alicyclic amines) is 1. The predicted molar refractivity (Wildman–Crippen MR) is 83.0 cm³/mol. The minimum absolute atomic E-state index is 0.0763. The molecule has 3 rings (SSSR count).